The minimum Gasteiger partial charge on any atom is -0.488 e. The van der Waals surface area contributed by atoms with Gasteiger partial charge in [-0.05, 0) is 59.2 Å². The van der Waals surface area contributed by atoms with E-state index in [1.165, 1.54) is 27.1 Å². The zero-order chi connectivity index (χ0) is 46.0. The van der Waals surface area contributed by atoms with Crippen LogP contribution in [0.4, 0.5) is 21.0 Å². The Morgan fingerprint density at radius 3 is 2.00 bits per heavy atom. The second-order valence-electron chi connectivity index (χ2n) is 14.2. The van der Waals surface area contributed by atoms with Gasteiger partial charge in [-0.2, -0.15) is 0 Å². The fourth-order valence-corrected chi connectivity index (χ4v) is 6.16. The Bertz CT molecular complexity index is 2050. The van der Waals surface area contributed by atoms with Gasteiger partial charge in [0.2, 0.25) is 11.8 Å². The number of ether oxygens (including phenoxy) is 4. The third-order valence-corrected chi connectivity index (χ3v) is 8.77. The number of aliphatic imine (C=N–C) groups is 1. The molecule has 62 heavy (non-hydrogen) atoms. The topological polar surface area (TPSA) is 189 Å². The first-order valence-electron chi connectivity index (χ1n) is 21.1. The summed E-state index contributed by atoms with van der Waals surface area (Å²) < 4.78 is 19.7. The zero-order valence-electron chi connectivity index (χ0n) is 38.5. The van der Waals surface area contributed by atoms with E-state index in [-0.39, 0.29) is 38.0 Å². The van der Waals surface area contributed by atoms with Crippen LogP contribution in [0.5, 0.6) is 5.75 Å². The fourth-order valence-electron chi connectivity index (χ4n) is 6.16. The molecule has 0 fully saturated rings. The number of aromatic nitrogens is 2. The molecule has 2 heterocycles. The number of methoxy groups -OCH3 is 3. The number of amides is 4. The molecule has 4 N–H and O–H groups in total. The molecule has 0 radical (unpaired) electrons. The van der Waals surface area contributed by atoms with Crippen molar-refractivity contribution in [3.63, 3.8) is 0 Å². The van der Waals surface area contributed by atoms with Crippen molar-refractivity contribution in [2.24, 2.45) is 4.99 Å². The molecule has 0 saturated carbocycles. The number of nitrogens with one attached hydrogen (secondary N) is 4. The lowest BCUT2D eigenvalue weighted by Gasteiger charge is -2.23. The number of carbonyl (C=O) groups excluding carboxylic acids is 4. The lowest BCUT2D eigenvalue weighted by Crippen LogP contribution is -2.41. The van der Waals surface area contributed by atoms with Crippen LogP contribution in [-0.2, 0) is 37.0 Å². The van der Waals surface area contributed by atoms with Crippen molar-refractivity contribution in [2.75, 3.05) is 73.5 Å². The molecule has 16 heteroatoms. The average Bonchev–Trinajstić information content (AvgIpc) is 3.75. The van der Waals surface area contributed by atoms with E-state index in [0.717, 1.165) is 68.7 Å². The van der Waals surface area contributed by atoms with E-state index in [0.29, 0.717) is 25.5 Å². The molecule has 16 nitrogen and oxygen atoms in total. The minimum atomic E-state index is -0.657. The standard InChI is InChI=1S/C38H46N8O7.2C3H8.C2H6O/c1-6-13-45(34(47)20-42-37(49)51-4)15-12-40-30-11-9-24-17-29-27-10-8-25(16-26(27)23-53-32(29)18-28(24)36(30)39-3)31-19-41-33(44-31)22-46(14-7-2)35(48)21-43-38(50)52-5;3*1-3-2/h8-12,16-19,39H,6-7,13-15,20-23H2,1-5H3,(H,41,44)(H,42,49)(H,43,50);2*3H2,1-2H3;1-2H3. The number of H-pyrrole nitrogens is 1. The molecule has 0 spiro atoms. The number of carbonyl (C=O) groups is 4. The van der Waals surface area contributed by atoms with Gasteiger partial charge in [-0.15, -0.1) is 0 Å². The van der Waals surface area contributed by atoms with Gasteiger partial charge in [0.25, 0.3) is 0 Å². The Morgan fingerprint density at radius 1 is 0.823 bits per heavy atom. The molecular formula is C46H68N8O8. The Balaban J connectivity index is 0.00000135. The number of rotatable bonds is 15. The van der Waals surface area contributed by atoms with Gasteiger partial charge < -0.3 is 49.7 Å². The van der Waals surface area contributed by atoms with Crippen molar-refractivity contribution in [2.45, 2.75) is 80.4 Å². The number of anilines is 1. The summed E-state index contributed by atoms with van der Waals surface area (Å²) in [6, 6.07) is 14.3. The zero-order valence-corrected chi connectivity index (χ0v) is 38.5. The summed E-state index contributed by atoms with van der Waals surface area (Å²) in [5, 5.41) is 10.1. The van der Waals surface area contributed by atoms with Crippen LogP contribution in [0, 0.1) is 0 Å². The number of hydrogen-bond acceptors (Lipinski definition) is 11. The van der Waals surface area contributed by atoms with Crippen molar-refractivity contribution >= 4 is 52.4 Å². The van der Waals surface area contributed by atoms with Gasteiger partial charge in [-0.1, -0.05) is 72.6 Å². The number of hydrogen-bond donors (Lipinski definition) is 4. The van der Waals surface area contributed by atoms with Gasteiger partial charge in [0.1, 0.15) is 31.3 Å². The first-order chi connectivity index (χ1) is 29.9. The van der Waals surface area contributed by atoms with Gasteiger partial charge in [0, 0.05) is 51.5 Å². The number of alkyl carbamates (subject to hydrolysis) is 2. The van der Waals surface area contributed by atoms with Crippen molar-refractivity contribution in [1.29, 1.82) is 0 Å². The Kier molecular flexibility index (Phi) is 23.8. The summed E-state index contributed by atoms with van der Waals surface area (Å²) in [4.78, 5) is 64.1. The molecule has 0 unspecified atom stereocenters. The van der Waals surface area contributed by atoms with Crippen LogP contribution in [0.25, 0.3) is 33.2 Å². The summed E-state index contributed by atoms with van der Waals surface area (Å²) in [7, 11) is 7.60. The molecule has 1 aliphatic rings. The summed E-state index contributed by atoms with van der Waals surface area (Å²) in [6.07, 6.45) is 6.16. The molecular weight excluding hydrogens is 793 g/mol. The number of aromatic amines is 1. The maximum Gasteiger partial charge on any atom is 0.407 e. The lowest BCUT2D eigenvalue weighted by atomic mass is 9.92. The molecule has 0 aliphatic carbocycles. The van der Waals surface area contributed by atoms with E-state index in [1.54, 1.807) is 36.4 Å². The Hall–Kier alpha value is -6.16. The molecule has 4 aromatic rings. The fraction of sp³-hybridized carbons (Fsp3) is 0.478. The van der Waals surface area contributed by atoms with Crippen LogP contribution in [0.3, 0.4) is 0 Å². The van der Waals surface area contributed by atoms with Gasteiger partial charge in [-0.25, -0.2) is 14.6 Å². The van der Waals surface area contributed by atoms with Crippen LogP contribution in [0.1, 0.15) is 78.6 Å². The highest BCUT2D eigenvalue weighted by molar-refractivity contribution is 6.03. The Labute approximate surface area is 367 Å². The second kappa shape index (κ2) is 28.4. The molecule has 1 aliphatic heterocycles. The molecule has 4 amide bonds. The van der Waals surface area contributed by atoms with E-state index < -0.39 is 12.2 Å². The van der Waals surface area contributed by atoms with Crippen LogP contribution in [-0.4, -0.2) is 118 Å². The minimum absolute atomic E-state index is 0.154. The SMILES string of the molecule is CCC.CCC.CCCN(CC=Nc1ccc2cc3c(cc2c1NC)OCc1cc(-c2cnc(CN(CCC)C(=O)CNC(=O)OC)[nH]2)ccc1-3)C(=O)CNC(=O)OC.COC. The lowest BCUT2D eigenvalue weighted by molar-refractivity contribution is -0.131. The van der Waals surface area contributed by atoms with E-state index in [2.05, 4.69) is 86.0 Å². The monoisotopic (exact) mass is 861 g/mol. The van der Waals surface area contributed by atoms with E-state index in [9.17, 15) is 19.2 Å². The number of benzene rings is 3. The van der Waals surface area contributed by atoms with Crippen LogP contribution < -0.4 is 20.7 Å². The average molecular weight is 861 g/mol. The maximum atomic E-state index is 12.7. The number of fused-ring (bicyclic) bond motifs is 4. The van der Waals surface area contributed by atoms with Gasteiger partial charge in [0.15, 0.2) is 0 Å². The smallest absolute Gasteiger partial charge is 0.407 e. The summed E-state index contributed by atoms with van der Waals surface area (Å²) >= 11 is 0. The molecule has 0 atom stereocenters. The van der Waals surface area contributed by atoms with Crippen LogP contribution in [0.2, 0.25) is 0 Å². The Morgan fingerprint density at radius 2 is 1.42 bits per heavy atom. The molecule has 1 aromatic heterocycles. The molecule has 0 bridgehead atoms. The predicted octanol–water partition coefficient (Wildman–Crippen LogP) is 8.32. The largest absolute Gasteiger partial charge is 0.488 e. The maximum absolute atomic E-state index is 12.7. The summed E-state index contributed by atoms with van der Waals surface area (Å²) in [6.45, 7) is 14.1. The van der Waals surface area contributed by atoms with Crippen LogP contribution in [0.15, 0.2) is 53.7 Å². The van der Waals surface area contributed by atoms with E-state index in [1.807, 2.05) is 45.2 Å². The van der Waals surface area contributed by atoms with Crippen LogP contribution >= 0.6 is 0 Å². The van der Waals surface area contributed by atoms with Crippen molar-refractivity contribution in [3.05, 3.63) is 60.0 Å². The third-order valence-electron chi connectivity index (χ3n) is 8.77. The highest BCUT2D eigenvalue weighted by atomic mass is 16.5. The first kappa shape index (κ1) is 52.0. The van der Waals surface area contributed by atoms with Crippen molar-refractivity contribution in [1.82, 2.24) is 30.4 Å². The highest BCUT2D eigenvalue weighted by Gasteiger charge is 2.22. The number of imidazole rings is 1. The number of nitrogens with zero attached hydrogens (tertiary/aromatic N) is 4. The van der Waals surface area contributed by atoms with E-state index >= 15 is 0 Å². The van der Waals surface area contributed by atoms with Crippen molar-refractivity contribution in [3.8, 4) is 28.1 Å². The van der Waals surface area contributed by atoms with Crippen molar-refractivity contribution < 1.29 is 38.1 Å². The molecule has 5 rings (SSSR count). The highest BCUT2D eigenvalue weighted by Crippen LogP contribution is 2.44. The third kappa shape index (κ3) is 15.7. The second-order valence-corrected chi connectivity index (χ2v) is 14.2. The van der Waals surface area contributed by atoms with Gasteiger partial charge in [0.05, 0.1) is 50.6 Å². The van der Waals surface area contributed by atoms with Gasteiger partial charge in [-0.3, -0.25) is 14.6 Å². The normalized spacial score (nSPS) is 10.8. The van der Waals surface area contributed by atoms with E-state index in [4.69, 9.17) is 9.73 Å². The molecule has 340 valence electrons. The quantitative estimate of drug-likeness (QED) is 0.0847. The summed E-state index contributed by atoms with van der Waals surface area (Å²) in [5.41, 5.74) is 6.40. The van der Waals surface area contributed by atoms with Gasteiger partial charge >= 0.3 is 12.2 Å². The molecule has 0 saturated heterocycles. The summed E-state index contributed by atoms with van der Waals surface area (Å²) in [5.74, 6) is 0.943. The first-order valence-corrected chi connectivity index (χ1v) is 21.1. The predicted molar refractivity (Wildman–Crippen MR) is 247 cm³/mol. The molecule has 3 aromatic carbocycles.